The Morgan fingerprint density at radius 1 is 1.10 bits per heavy atom. The largest absolute Gasteiger partial charge is 0.497 e. The molecule has 4 nitrogen and oxygen atoms in total. The minimum Gasteiger partial charge on any atom is -0.497 e. The third-order valence-corrected chi connectivity index (χ3v) is 3.04. The quantitative estimate of drug-likeness (QED) is 0.783. The lowest BCUT2D eigenvalue weighted by Gasteiger charge is -2.09. The van der Waals surface area contributed by atoms with Crippen molar-refractivity contribution in [1.29, 1.82) is 0 Å². The highest BCUT2D eigenvalue weighted by Gasteiger charge is 2.16. The Kier molecular flexibility index (Phi) is 5.19. The Labute approximate surface area is 122 Å². The molecule has 21 heavy (non-hydrogen) atoms. The molecule has 0 amide bonds. The molecule has 2 aromatic rings. The van der Waals surface area contributed by atoms with E-state index in [2.05, 4.69) is 0 Å². The smallest absolute Gasteiger partial charge is 0.491 e. The van der Waals surface area contributed by atoms with Crippen molar-refractivity contribution >= 4 is 12.6 Å². The van der Waals surface area contributed by atoms with Crippen molar-refractivity contribution in [2.24, 2.45) is 0 Å². The molecule has 0 aromatic heterocycles. The second kappa shape index (κ2) is 7.10. The van der Waals surface area contributed by atoms with Crippen molar-refractivity contribution in [1.82, 2.24) is 0 Å². The molecule has 0 aliphatic rings. The first kappa shape index (κ1) is 15.3. The topological polar surface area (TPSA) is 58.9 Å². The molecule has 110 valence electrons. The lowest BCUT2D eigenvalue weighted by Crippen LogP contribution is -2.32. The van der Waals surface area contributed by atoms with E-state index in [0.29, 0.717) is 18.8 Å². The minimum atomic E-state index is -1.82. The molecule has 2 N–H and O–H groups in total. The summed E-state index contributed by atoms with van der Waals surface area (Å²) in [5.74, 6) is 0.420. The van der Waals surface area contributed by atoms with E-state index in [1.807, 2.05) is 24.3 Å². The fourth-order valence-corrected chi connectivity index (χ4v) is 1.92. The summed E-state index contributed by atoms with van der Waals surface area (Å²) in [6.07, 6.45) is 0.656. The van der Waals surface area contributed by atoms with Gasteiger partial charge in [-0.3, -0.25) is 0 Å². The fourth-order valence-electron chi connectivity index (χ4n) is 1.92. The van der Waals surface area contributed by atoms with Gasteiger partial charge in [0.15, 0.2) is 0 Å². The zero-order valence-corrected chi connectivity index (χ0v) is 11.6. The number of hydrogen-bond acceptors (Lipinski definition) is 4. The van der Waals surface area contributed by atoms with Gasteiger partial charge in [0.25, 0.3) is 0 Å². The van der Waals surface area contributed by atoms with Gasteiger partial charge in [-0.15, -0.1) is 0 Å². The van der Waals surface area contributed by atoms with Crippen molar-refractivity contribution in [3.63, 3.8) is 0 Å². The molecule has 0 bridgehead atoms. The molecule has 0 spiro atoms. The van der Waals surface area contributed by atoms with Gasteiger partial charge in [-0.2, -0.15) is 0 Å². The van der Waals surface area contributed by atoms with Crippen molar-refractivity contribution in [3.8, 4) is 11.5 Å². The van der Waals surface area contributed by atoms with Crippen LogP contribution in [0, 0.1) is 5.82 Å². The van der Waals surface area contributed by atoms with Crippen LogP contribution in [0.5, 0.6) is 11.5 Å². The van der Waals surface area contributed by atoms with Gasteiger partial charge in [0.1, 0.15) is 17.3 Å². The third kappa shape index (κ3) is 4.21. The number of methoxy groups -OCH3 is 1. The molecule has 0 saturated heterocycles. The van der Waals surface area contributed by atoms with Crippen LogP contribution < -0.4 is 14.9 Å². The number of ether oxygens (including phenoxy) is 2. The van der Waals surface area contributed by atoms with Crippen LogP contribution in [0.15, 0.2) is 42.5 Å². The van der Waals surface area contributed by atoms with Crippen LogP contribution in [0.1, 0.15) is 5.56 Å². The van der Waals surface area contributed by atoms with Gasteiger partial charge < -0.3 is 19.5 Å². The normalized spacial score (nSPS) is 10.3. The number of rotatable bonds is 6. The van der Waals surface area contributed by atoms with Crippen LogP contribution in [0.3, 0.4) is 0 Å². The van der Waals surface area contributed by atoms with Gasteiger partial charge >= 0.3 is 7.12 Å². The molecular weight excluding hydrogens is 274 g/mol. The predicted octanol–water partition coefficient (Wildman–Crippen LogP) is 1.14. The number of benzene rings is 2. The summed E-state index contributed by atoms with van der Waals surface area (Å²) < 4.78 is 24.1. The van der Waals surface area contributed by atoms with Crippen molar-refractivity contribution < 1.29 is 23.9 Å². The van der Waals surface area contributed by atoms with Crippen LogP contribution in [0.25, 0.3) is 0 Å². The molecule has 0 atom stereocenters. The highest BCUT2D eigenvalue weighted by molar-refractivity contribution is 6.58. The Bertz CT molecular complexity index is 604. The lowest BCUT2D eigenvalue weighted by molar-refractivity contribution is 0.320. The predicted molar refractivity (Wildman–Crippen MR) is 78.4 cm³/mol. The Morgan fingerprint density at radius 3 is 2.57 bits per heavy atom. The summed E-state index contributed by atoms with van der Waals surface area (Å²) in [6, 6.07) is 11.6. The number of halogens is 1. The van der Waals surface area contributed by atoms with Gasteiger partial charge in [0.05, 0.1) is 13.7 Å². The van der Waals surface area contributed by atoms with Gasteiger partial charge in [-0.05, 0) is 23.8 Å². The molecule has 2 rings (SSSR count). The summed E-state index contributed by atoms with van der Waals surface area (Å²) >= 11 is 0. The molecule has 0 radical (unpaired) electrons. The van der Waals surface area contributed by atoms with Gasteiger partial charge in [0, 0.05) is 17.9 Å². The molecule has 0 aliphatic carbocycles. The van der Waals surface area contributed by atoms with Crippen LogP contribution in [0.4, 0.5) is 4.39 Å². The van der Waals surface area contributed by atoms with E-state index in [4.69, 9.17) is 19.5 Å². The average Bonchev–Trinajstić information content (AvgIpc) is 2.47. The molecule has 0 saturated carbocycles. The fraction of sp³-hybridized carbons (Fsp3) is 0.200. The first-order valence-electron chi connectivity index (χ1n) is 6.51. The van der Waals surface area contributed by atoms with E-state index < -0.39 is 12.9 Å². The zero-order chi connectivity index (χ0) is 15.2. The van der Waals surface area contributed by atoms with E-state index in [1.165, 1.54) is 12.1 Å². The Balaban J connectivity index is 1.92. The first-order chi connectivity index (χ1) is 10.1. The van der Waals surface area contributed by atoms with E-state index in [9.17, 15) is 4.39 Å². The second-order valence-corrected chi connectivity index (χ2v) is 4.51. The highest BCUT2D eigenvalue weighted by Crippen LogP contribution is 2.15. The molecule has 0 heterocycles. The lowest BCUT2D eigenvalue weighted by atomic mass is 9.80. The van der Waals surface area contributed by atoms with Gasteiger partial charge in [0.2, 0.25) is 0 Å². The monoisotopic (exact) mass is 290 g/mol. The molecule has 2 aromatic carbocycles. The Morgan fingerprint density at radius 2 is 1.90 bits per heavy atom. The maximum absolute atomic E-state index is 13.5. The third-order valence-electron chi connectivity index (χ3n) is 3.04. The maximum atomic E-state index is 13.5. The molecule has 0 aliphatic heterocycles. The van der Waals surface area contributed by atoms with Gasteiger partial charge in [-0.1, -0.05) is 18.2 Å². The molecule has 0 fully saturated rings. The SMILES string of the molecule is COc1cccc(CCOc2ccc(B(O)O)c(F)c2)c1. The molecular formula is C15H16BFO4. The van der Waals surface area contributed by atoms with Crippen LogP contribution >= 0.6 is 0 Å². The minimum absolute atomic E-state index is 0.171. The summed E-state index contributed by atoms with van der Waals surface area (Å²) in [4.78, 5) is 0. The summed E-state index contributed by atoms with van der Waals surface area (Å²) in [5.41, 5.74) is 0.882. The second-order valence-electron chi connectivity index (χ2n) is 4.51. The van der Waals surface area contributed by atoms with E-state index in [1.54, 1.807) is 7.11 Å². The van der Waals surface area contributed by atoms with Crippen molar-refractivity contribution in [2.45, 2.75) is 6.42 Å². The standard InChI is InChI=1S/C15H16BFO4/c1-20-12-4-2-3-11(9-12)7-8-21-13-5-6-14(16(18)19)15(17)10-13/h2-6,9-10,18-19H,7-8H2,1H3. The highest BCUT2D eigenvalue weighted by atomic mass is 19.1. The van der Waals surface area contributed by atoms with Gasteiger partial charge in [-0.25, -0.2) is 4.39 Å². The molecule has 6 heteroatoms. The van der Waals surface area contributed by atoms with Crippen LogP contribution in [-0.4, -0.2) is 30.9 Å². The van der Waals surface area contributed by atoms with E-state index in [0.717, 1.165) is 17.4 Å². The van der Waals surface area contributed by atoms with Crippen molar-refractivity contribution in [3.05, 3.63) is 53.8 Å². The van der Waals surface area contributed by atoms with E-state index in [-0.39, 0.29) is 5.46 Å². The zero-order valence-electron chi connectivity index (χ0n) is 11.6. The van der Waals surface area contributed by atoms with Crippen LogP contribution in [-0.2, 0) is 6.42 Å². The number of hydrogen-bond donors (Lipinski definition) is 2. The summed E-state index contributed by atoms with van der Waals surface area (Å²) in [5, 5.41) is 17.9. The summed E-state index contributed by atoms with van der Waals surface area (Å²) in [7, 11) is -0.217. The van der Waals surface area contributed by atoms with Crippen LogP contribution in [0.2, 0.25) is 0 Å². The Hall–Kier alpha value is -2.05. The molecule has 0 unspecified atom stereocenters. The summed E-state index contributed by atoms with van der Waals surface area (Å²) in [6.45, 7) is 0.383. The average molecular weight is 290 g/mol. The van der Waals surface area contributed by atoms with Crippen molar-refractivity contribution in [2.75, 3.05) is 13.7 Å². The van der Waals surface area contributed by atoms with E-state index >= 15 is 0 Å². The maximum Gasteiger partial charge on any atom is 0.491 e. The first-order valence-corrected chi connectivity index (χ1v) is 6.51.